The number of para-hydroxylation sites is 2. The molecule has 120 valence electrons. The van der Waals surface area contributed by atoms with Crippen LogP contribution in [0.2, 0.25) is 0 Å². The summed E-state index contributed by atoms with van der Waals surface area (Å²) in [5.74, 6) is -0.140. The number of rotatable bonds is 4. The van der Waals surface area contributed by atoms with Gasteiger partial charge in [0.15, 0.2) is 0 Å². The van der Waals surface area contributed by atoms with Crippen molar-refractivity contribution in [3.8, 4) is 0 Å². The number of aliphatic hydroxyl groups excluding tert-OH is 1. The van der Waals surface area contributed by atoms with E-state index in [2.05, 4.69) is 5.32 Å². The molecule has 0 spiro atoms. The quantitative estimate of drug-likeness (QED) is 0.892. The van der Waals surface area contributed by atoms with Crippen molar-refractivity contribution in [3.63, 3.8) is 0 Å². The molecule has 2 atom stereocenters. The first-order chi connectivity index (χ1) is 10.5. The molecule has 0 fully saturated rings. The second-order valence-electron chi connectivity index (χ2n) is 5.63. The number of hydrogen-bond donors (Lipinski definition) is 2. The fourth-order valence-corrected chi connectivity index (χ4v) is 2.65. The molecule has 6 nitrogen and oxygen atoms in total. The van der Waals surface area contributed by atoms with Crippen LogP contribution in [-0.4, -0.2) is 48.2 Å². The number of hydrogen-bond acceptors (Lipinski definition) is 3. The Morgan fingerprint density at radius 3 is 2.77 bits per heavy atom. The van der Waals surface area contributed by atoms with Gasteiger partial charge in [-0.1, -0.05) is 32.4 Å². The van der Waals surface area contributed by atoms with E-state index in [1.54, 1.807) is 18.0 Å². The number of urea groups is 1. The van der Waals surface area contributed by atoms with Crippen molar-refractivity contribution in [2.45, 2.75) is 26.3 Å². The molecule has 0 saturated carbocycles. The number of nitrogens with zero attached hydrogens (tertiary/aromatic N) is 2. The van der Waals surface area contributed by atoms with Crippen LogP contribution in [0.5, 0.6) is 0 Å². The zero-order valence-corrected chi connectivity index (χ0v) is 13.2. The van der Waals surface area contributed by atoms with Crippen molar-refractivity contribution in [2.24, 2.45) is 5.92 Å². The topological polar surface area (TPSA) is 72.9 Å². The van der Waals surface area contributed by atoms with Crippen LogP contribution in [0.1, 0.15) is 20.3 Å². The Morgan fingerprint density at radius 2 is 2.14 bits per heavy atom. The lowest BCUT2D eigenvalue weighted by Gasteiger charge is -2.40. The van der Waals surface area contributed by atoms with Crippen LogP contribution in [0.25, 0.3) is 0 Å². The van der Waals surface area contributed by atoms with Gasteiger partial charge in [0.1, 0.15) is 6.04 Å². The first kappa shape index (κ1) is 16.3. The van der Waals surface area contributed by atoms with Crippen molar-refractivity contribution >= 4 is 23.3 Å². The number of carbonyl (C=O) groups excluding carboxylic acids is 2. The van der Waals surface area contributed by atoms with Gasteiger partial charge in [-0.25, -0.2) is 4.79 Å². The van der Waals surface area contributed by atoms with E-state index in [1.165, 1.54) is 4.90 Å². The zero-order valence-electron chi connectivity index (χ0n) is 13.2. The first-order valence-corrected chi connectivity index (χ1v) is 7.56. The third kappa shape index (κ3) is 2.92. The summed E-state index contributed by atoms with van der Waals surface area (Å²) in [4.78, 5) is 28.3. The van der Waals surface area contributed by atoms with Crippen LogP contribution < -0.4 is 10.2 Å². The predicted octanol–water partition coefficient (Wildman–Crippen LogP) is 1.90. The van der Waals surface area contributed by atoms with Gasteiger partial charge in [-0.2, -0.15) is 0 Å². The van der Waals surface area contributed by atoms with E-state index in [1.807, 2.05) is 32.0 Å². The van der Waals surface area contributed by atoms with E-state index >= 15 is 0 Å². The molecule has 0 saturated heterocycles. The van der Waals surface area contributed by atoms with Crippen molar-refractivity contribution in [2.75, 3.05) is 30.4 Å². The molecule has 2 N–H and O–H groups in total. The summed E-state index contributed by atoms with van der Waals surface area (Å²) in [6.07, 6.45) is 0.785. The Bertz CT molecular complexity index is 561. The number of aliphatic hydroxyl groups is 1. The number of benzene rings is 1. The van der Waals surface area contributed by atoms with Gasteiger partial charge in [0.2, 0.25) is 5.91 Å². The molecule has 2 rings (SSSR count). The molecule has 22 heavy (non-hydrogen) atoms. The molecule has 1 aromatic rings. The molecule has 0 aliphatic carbocycles. The third-order valence-electron chi connectivity index (χ3n) is 4.12. The molecule has 3 amide bonds. The summed E-state index contributed by atoms with van der Waals surface area (Å²) >= 11 is 0. The van der Waals surface area contributed by atoms with E-state index in [0.717, 1.165) is 6.42 Å². The van der Waals surface area contributed by atoms with Gasteiger partial charge in [0.25, 0.3) is 0 Å². The van der Waals surface area contributed by atoms with Gasteiger partial charge >= 0.3 is 6.03 Å². The number of likely N-dealkylation sites (N-methyl/N-ethyl adjacent to an activating group) is 1. The number of amides is 3. The maximum Gasteiger partial charge on any atom is 0.325 e. The van der Waals surface area contributed by atoms with E-state index in [0.29, 0.717) is 11.4 Å². The highest BCUT2D eigenvalue weighted by molar-refractivity contribution is 6.11. The zero-order chi connectivity index (χ0) is 16.3. The standard InChI is InChI=1S/C16H23N3O3/c1-4-11(2)14-15(21)17-12-7-5-6-8-13(12)19(14)16(22)18(3)9-10-20/h5-8,11,14,20H,4,9-10H2,1-3H3,(H,17,21). The molecule has 0 radical (unpaired) electrons. The molecule has 1 heterocycles. The molecule has 2 unspecified atom stereocenters. The minimum absolute atomic E-state index is 0.0276. The van der Waals surface area contributed by atoms with Gasteiger partial charge in [-0.05, 0) is 18.1 Å². The average molecular weight is 305 g/mol. The van der Waals surface area contributed by atoms with Gasteiger partial charge in [0, 0.05) is 13.6 Å². The van der Waals surface area contributed by atoms with Crippen molar-refractivity contribution in [1.29, 1.82) is 0 Å². The number of fused-ring (bicyclic) bond motifs is 1. The van der Waals surface area contributed by atoms with E-state index in [4.69, 9.17) is 5.11 Å². The van der Waals surface area contributed by atoms with E-state index < -0.39 is 6.04 Å². The summed E-state index contributed by atoms with van der Waals surface area (Å²) in [5, 5.41) is 11.9. The normalized spacial score (nSPS) is 18.5. The summed E-state index contributed by atoms with van der Waals surface area (Å²) < 4.78 is 0. The number of carbonyl (C=O) groups is 2. The Morgan fingerprint density at radius 1 is 1.45 bits per heavy atom. The van der Waals surface area contributed by atoms with Gasteiger partial charge in [-0.15, -0.1) is 0 Å². The van der Waals surface area contributed by atoms with Crippen LogP contribution in [0.3, 0.4) is 0 Å². The van der Waals surface area contributed by atoms with Crippen LogP contribution in [0, 0.1) is 5.92 Å². The van der Waals surface area contributed by atoms with Crippen LogP contribution in [-0.2, 0) is 4.79 Å². The fourth-order valence-electron chi connectivity index (χ4n) is 2.65. The average Bonchev–Trinajstić information content (AvgIpc) is 2.52. The SMILES string of the molecule is CCC(C)C1C(=O)Nc2ccccc2N1C(=O)N(C)CCO. The van der Waals surface area contributed by atoms with Gasteiger partial charge < -0.3 is 15.3 Å². The number of anilines is 2. The highest BCUT2D eigenvalue weighted by atomic mass is 16.3. The third-order valence-corrected chi connectivity index (χ3v) is 4.12. The van der Waals surface area contributed by atoms with Crippen molar-refractivity contribution in [1.82, 2.24) is 4.90 Å². The second-order valence-corrected chi connectivity index (χ2v) is 5.63. The minimum Gasteiger partial charge on any atom is -0.395 e. The summed E-state index contributed by atoms with van der Waals surface area (Å²) in [5.41, 5.74) is 1.33. The largest absolute Gasteiger partial charge is 0.395 e. The van der Waals surface area contributed by atoms with Gasteiger partial charge in [-0.3, -0.25) is 9.69 Å². The van der Waals surface area contributed by atoms with Crippen LogP contribution >= 0.6 is 0 Å². The maximum atomic E-state index is 12.8. The lowest BCUT2D eigenvalue weighted by Crippen LogP contribution is -2.57. The lowest BCUT2D eigenvalue weighted by molar-refractivity contribution is -0.118. The van der Waals surface area contributed by atoms with Crippen molar-refractivity contribution < 1.29 is 14.7 Å². The molecular weight excluding hydrogens is 282 g/mol. The second kappa shape index (κ2) is 6.79. The molecular formula is C16H23N3O3. The Balaban J connectivity index is 2.46. The monoisotopic (exact) mass is 305 g/mol. The number of nitrogens with one attached hydrogen (secondary N) is 1. The highest BCUT2D eigenvalue weighted by Gasteiger charge is 2.40. The molecule has 1 aliphatic rings. The smallest absolute Gasteiger partial charge is 0.325 e. The summed E-state index contributed by atoms with van der Waals surface area (Å²) in [6, 6.07) is 6.45. The molecule has 6 heteroatoms. The molecule has 1 aliphatic heterocycles. The molecule has 0 bridgehead atoms. The minimum atomic E-state index is -0.548. The summed E-state index contributed by atoms with van der Waals surface area (Å²) in [7, 11) is 1.63. The van der Waals surface area contributed by atoms with Gasteiger partial charge in [0.05, 0.1) is 18.0 Å². The lowest BCUT2D eigenvalue weighted by atomic mass is 9.94. The Kier molecular flexibility index (Phi) is 5.03. The van der Waals surface area contributed by atoms with Crippen LogP contribution in [0.15, 0.2) is 24.3 Å². The fraction of sp³-hybridized carbons (Fsp3) is 0.500. The predicted molar refractivity (Wildman–Crippen MR) is 85.9 cm³/mol. The highest BCUT2D eigenvalue weighted by Crippen LogP contribution is 2.35. The molecule has 1 aromatic carbocycles. The first-order valence-electron chi connectivity index (χ1n) is 7.56. The Hall–Kier alpha value is -2.08. The molecule has 0 aromatic heterocycles. The van der Waals surface area contributed by atoms with E-state index in [9.17, 15) is 9.59 Å². The van der Waals surface area contributed by atoms with Crippen molar-refractivity contribution in [3.05, 3.63) is 24.3 Å². The maximum absolute atomic E-state index is 12.8. The van der Waals surface area contributed by atoms with Crippen LogP contribution in [0.4, 0.5) is 16.2 Å². The Labute approximate surface area is 130 Å². The summed E-state index contributed by atoms with van der Waals surface area (Å²) in [6.45, 7) is 4.08. The van der Waals surface area contributed by atoms with E-state index in [-0.39, 0.29) is 31.0 Å².